The van der Waals surface area contributed by atoms with Crippen LogP contribution in [0.3, 0.4) is 0 Å². The third-order valence-corrected chi connectivity index (χ3v) is 8.40. The number of fused-ring (bicyclic) bond motifs is 1. The normalized spacial score (nSPS) is 20.7. The van der Waals surface area contributed by atoms with Crippen LogP contribution < -0.4 is 10.6 Å². The molecule has 1 fully saturated rings. The standard InChI is InChI=1S/C33H28N4O8S/c1-19(20-12-6-3-7-13-20)45-33(2)25(44-29(40)22-16-10-5-11-17-22)23(18-42-28(39)21-14-8-4-9-15-21)43-30(33)37-26-24(46-32(37)41)27(38)36-31(34)35-26/h3-17,23,25,30H,1,18H2,2H3,(H3,34,35,36,38)/t23-,25-,30-,33-/m1/s1. The fourth-order valence-electron chi connectivity index (χ4n) is 5.28. The number of benzene rings is 3. The monoisotopic (exact) mass is 640 g/mol. The summed E-state index contributed by atoms with van der Waals surface area (Å²) in [6.07, 6.45) is -3.77. The second kappa shape index (κ2) is 12.5. The van der Waals surface area contributed by atoms with Crippen LogP contribution in [0, 0.1) is 0 Å². The molecule has 13 heteroatoms. The lowest BCUT2D eigenvalue weighted by atomic mass is 9.95. The number of nitrogen functional groups attached to an aromatic ring is 1. The van der Waals surface area contributed by atoms with Gasteiger partial charge in [0, 0.05) is 5.56 Å². The van der Waals surface area contributed by atoms with Crippen molar-refractivity contribution in [1.82, 2.24) is 14.5 Å². The van der Waals surface area contributed by atoms with Crippen molar-refractivity contribution in [2.45, 2.75) is 31.0 Å². The van der Waals surface area contributed by atoms with Crippen LogP contribution in [-0.2, 0) is 18.9 Å². The van der Waals surface area contributed by atoms with Crippen LogP contribution >= 0.6 is 11.3 Å². The summed E-state index contributed by atoms with van der Waals surface area (Å²) >= 11 is 0.671. The van der Waals surface area contributed by atoms with Crippen molar-refractivity contribution in [3.8, 4) is 5.88 Å². The predicted octanol–water partition coefficient (Wildman–Crippen LogP) is 4.57. The van der Waals surface area contributed by atoms with Gasteiger partial charge in [-0.3, -0.25) is 9.36 Å². The smallest absolute Gasteiger partial charge is 0.338 e. The highest BCUT2D eigenvalue weighted by Crippen LogP contribution is 2.46. The Hall–Kier alpha value is -5.53. The zero-order valence-electron chi connectivity index (χ0n) is 24.4. The maximum atomic E-state index is 13.6. The van der Waals surface area contributed by atoms with Crippen molar-refractivity contribution in [3.05, 3.63) is 124 Å². The van der Waals surface area contributed by atoms with Gasteiger partial charge < -0.3 is 29.8 Å². The van der Waals surface area contributed by atoms with E-state index < -0.39 is 46.7 Å². The van der Waals surface area contributed by atoms with Crippen LogP contribution in [0.2, 0.25) is 0 Å². The summed E-state index contributed by atoms with van der Waals surface area (Å²) in [5.41, 5.74) is 5.29. The number of carbonyl (C=O) groups excluding carboxylic acids is 2. The molecule has 0 bridgehead atoms. The Labute approximate surface area is 266 Å². The molecule has 0 saturated carbocycles. The minimum Gasteiger partial charge on any atom is -0.492 e. The fraction of sp³-hybridized carbons (Fsp3) is 0.182. The first-order valence-corrected chi connectivity index (χ1v) is 14.9. The molecular weight excluding hydrogens is 612 g/mol. The molecule has 234 valence electrons. The van der Waals surface area contributed by atoms with E-state index in [1.807, 2.05) is 6.07 Å². The number of ether oxygens (including phenoxy) is 4. The SMILES string of the molecule is C=C(O[C@]1(C)[C@H](OC(=O)c2ccccc2)[C@@H](COC(=O)c2ccccc2)O[C@H]1n1c(=O)sc2c(O)nc(N)nc21)c1ccccc1. The van der Waals surface area contributed by atoms with Crippen molar-refractivity contribution in [2.75, 3.05) is 12.3 Å². The second-order valence-corrected chi connectivity index (χ2v) is 11.5. The molecule has 0 unspecified atom stereocenters. The van der Waals surface area contributed by atoms with Gasteiger partial charge in [-0.25, -0.2) is 9.59 Å². The van der Waals surface area contributed by atoms with Crippen LogP contribution in [0.15, 0.2) is 102 Å². The van der Waals surface area contributed by atoms with E-state index in [0.29, 0.717) is 22.5 Å². The molecule has 4 atom stereocenters. The van der Waals surface area contributed by atoms with E-state index in [1.54, 1.807) is 91.9 Å². The minimum absolute atomic E-state index is 0.0276. The first-order chi connectivity index (χ1) is 22.2. The van der Waals surface area contributed by atoms with E-state index in [-0.39, 0.29) is 34.2 Å². The average Bonchev–Trinajstić information content (AvgIpc) is 3.52. The maximum absolute atomic E-state index is 13.6. The number of aromatic hydroxyl groups is 1. The van der Waals surface area contributed by atoms with Gasteiger partial charge in [-0.1, -0.05) is 84.6 Å². The Morgan fingerprint density at radius 2 is 1.52 bits per heavy atom. The van der Waals surface area contributed by atoms with Gasteiger partial charge in [0.1, 0.15) is 23.2 Å². The fourth-order valence-corrected chi connectivity index (χ4v) is 6.10. The summed E-state index contributed by atoms with van der Waals surface area (Å²) in [4.78, 5) is 47.4. The molecule has 0 spiro atoms. The molecule has 46 heavy (non-hydrogen) atoms. The number of esters is 2. The number of nitrogens with two attached hydrogens (primary N) is 1. The van der Waals surface area contributed by atoms with E-state index in [4.69, 9.17) is 24.7 Å². The highest BCUT2D eigenvalue weighted by Gasteiger charge is 2.60. The van der Waals surface area contributed by atoms with E-state index >= 15 is 0 Å². The van der Waals surface area contributed by atoms with E-state index in [0.717, 1.165) is 4.57 Å². The number of thiazole rings is 1. The number of hydrogen-bond acceptors (Lipinski definition) is 12. The van der Waals surface area contributed by atoms with Crippen LogP contribution in [0.1, 0.15) is 39.4 Å². The molecule has 2 aromatic heterocycles. The Morgan fingerprint density at radius 3 is 2.13 bits per heavy atom. The Balaban J connectivity index is 1.46. The zero-order valence-corrected chi connectivity index (χ0v) is 25.3. The topological polar surface area (TPSA) is 165 Å². The number of carbonyl (C=O) groups is 2. The van der Waals surface area contributed by atoms with E-state index in [1.165, 1.54) is 0 Å². The predicted molar refractivity (Wildman–Crippen MR) is 169 cm³/mol. The van der Waals surface area contributed by atoms with Crippen LogP contribution in [0.25, 0.3) is 16.1 Å². The van der Waals surface area contributed by atoms with Gasteiger partial charge in [-0.05, 0) is 31.2 Å². The summed E-state index contributed by atoms with van der Waals surface area (Å²) in [5.74, 6) is -1.94. The summed E-state index contributed by atoms with van der Waals surface area (Å²) in [6, 6.07) is 25.6. The molecule has 1 aliphatic rings. The van der Waals surface area contributed by atoms with Gasteiger partial charge in [0.25, 0.3) is 0 Å². The van der Waals surface area contributed by atoms with Crippen molar-refractivity contribution >= 4 is 45.3 Å². The number of hydrogen-bond donors (Lipinski definition) is 2. The number of rotatable bonds is 9. The van der Waals surface area contributed by atoms with Crippen LogP contribution in [0.4, 0.5) is 5.95 Å². The number of anilines is 1. The highest BCUT2D eigenvalue weighted by molar-refractivity contribution is 7.16. The molecule has 0 radical (unpaired) electrons. The summed E-state index contributed by atoms with van der Waals surface area (Å²) in [5, 5.41) is 10.5. The molecule has 0 aliphatic carbocycles. The molecule has 1 saturated heterocycles. The van der Waals surface area contributed by atoms with Crippen LogP contribution in [-0.4, -0.2) is 56.0 Å². The molecule has 0 amide bonds. The summed E-state index contributed by atoms with van der Waals surface area (Å²) < 4.78 is 25.9. The molecule has 5 aromatic rings. The summed E-state index contributed by atoms with van der Waals surface area (Å²) in [6.45, 7) is 5.31. The third kappa shape index (κ3) is 5.80. The van der Waals surface area contributed by atoms with Crippen molar-refractivity contribution in [2.24, 2.45) is 0 Å². The lowest BCUT2D eigenvalue weighted by Gasteiger charge is -2.36. The van der Waals surface area contributed by atoms with E-state index in [2.05, 4.69) is 16.5 Å². The first-order valence-electron chi connectivity index (χ1n) is 14.1. The van der Waals surface area contributed by atoms with Gasteiger partial charge in [0.15, 0.2) is 23.6 Å². The van der Waals surface area contributed by atoms with Gasteiger partial charge >= 0.3 is 16.8 Å². The molecule has 12 nitrogen and oxygen atoms in total. The zero-order chi connectivity index (χ0) is 32.4. The molecule has 6 rings (SSSR count). The molecule has 3 aromatic carbocycles. The summed E-state index contributed by atoms with van der Waals surface area (Å²) in [7, 11) is 0. The van der Waals surface area contributed by atoms with Crippen molar-refractivity contribution < 1.29 is 33.6 Å². The molecule has 3 N–H and O–H groups in total. The Morgan fingerprint density at radius 1 is 0.957 bits per heavy atom. The first kappa shape index (κ1) is 30.5. The Bertz CT molecular complexity index is 1970. The van der Waals surface area contributed by atoms with Gasteiger partial charge in [0.05, 0.1) is 11.1 Å². The number of nitrogens with zero attached hydrogens (tertiary/aromatic N) is 3. The minimum atomic E-state index is -1.69. The third-order valence-electron chi connectivity index (χ3n) is 7.46. The lowest BCUT2D eigenvalue weighted by molar-refractivity contribution is -0.0965. The molecular formula is C33H28N4O8S. The quantitative estimate of drug-likeness (QED) is 0.171. The largest absolute Gasteiger partial charge is 0.492 e. The van der Waals surface area contributed by atoms with Gasteiger partial charge in [-0.15, -0.1) is 0 Å². The molecule has 3 heterocycles. The highest BCUT2D eigenvalue weighted by atomic mass is 32.1. The lowest BCUT2D eigenvalue weighted by Crippen LogP contribution is -2.50. The maximum Gasteiger partial charge on any atom is 0.338 e. The van der Waals surface area contributed by atoms with Gasteiger partial charge in [0.2, 0.25) is 11.8 Å². The second-order valence-electron chi connectivity index (χ2n) is 10.6. The van der Waals surface area contributed by atoms with E-state index in [9.17, 15) is 19.5 Å². The van der Waals surface area contributed by atoms with Crippen LogP contribution in [0.5, 0.6) is 5.88 Å². The number of aromatic nitrogens is 3. The van der Waals surface area contributed by atoms with Gasteiger partial charge in [-0.2, -0.15) is 9.97 Å². The average molecular weight is 641 g/mol. The molecule has 1 aliphatic heterocycles. The Kier molecular flexibility index (Phi) is 8.26. The van der Waals surface area contributed by atoms with Crippen molar-refractivity contribution in [1.29, 1.82) is 0 Å². The van der Waals surface area contributed by atoms with Crippen molar-refractivity contribution in [3.63, 3.8) is 0 Å².